The maximum Gasteiger partial charge on any atom is 0.155 e. The first-order valence-corrected chi connectivity index (χ1v) is 6.27. The molecule has 2 heteroatoms. The van der Waals surface area contributed by atoms with Gasteiger partial charge in [-0.3, -0.25) is 4.79 Å². The molecule has 2 aliphatic rings. The van der Waals surface area contributed by atoms with Crippen molar-refractivity contribution in [3.8, 4) is 0 Å². The lowest BCUT2D eigenvalue weighted by atomic mass is 9.55. The Morgan fingerprint density at radius 3 is 2.75 bits per heavy atom. The molecule has 0 aromatic rings. The molecule has 1 fully saturated rings. The van der Waals surface area contributed by atoms with E-state index in [9.17, 15) is 9.90 Å². The number of ketones is 1. The topological polar surface area (TPSA) is 37.3 Å². The minimum Gasteiger partial charge on any atom is -0.390 e. The van der Waals surface area contributed by atoms with Crippen molar-refractivity contribution in [1.29, 1.82) is 0 Å². The summed E-state index contributed by atoms with van der Waals surface area (Å²) in [5.74, 6) is 0.418. The average molecular weight is 222 g/mol. The monoisotopic (exact) mass is 222 g/mol. The van der Waals surface area contributed by atoms with E-state index in [0.717, 1.165) is 31.3 Å². The number of rotatable bonds is 1. The Morgan fingerprint density at radius 1 is 1.44 bits per heavy atom. The van der Waals surface area contributed by atoms with Crippen molar-refractivity contribution in [3.05, 3.63) is 11.6 Å². The molecule has 0 spiro atoms. The molecule has 0 bridgehead atoms. The summed E-state index contributed by atoms with van der Waals surface area (Å²) in [7, 11) is 0. The van der Waals surface area contributed by atoms with Crippen molar-refractivity contribution >= 4 is 5.78 Å². The van der Waals surface area contributed by atoms with Crippen LogP contribution in [0.2, 0.25) is 0 Å². The number of allylic oxidation sites excluding steroid dienone is 2. The van der Waals surface area contributed by atoms with Crippen LogP contribution in [0.1, 0.15) is 52.9 Å². The number of hydrogen-bond acceptors (Lipinski definition) is 2. The fourth-order valence-electron chi connectivity index (χ4n) is 3.61. The van der Waals surface area contributed by atoms with E-state index in [1.54, 1.807) is 6.92 Å². The number of carbonyl (C=O) groups is 1. The zero-order valence-corrected chi connectivity index (χ0v) is 10.5. The summed E-state index contributed by atoms with van der Waals surface area (Å²) >= 11 is 0. The first-order chi connectivity index (χ1) is 7.35. The lowest BCUT2D eigenvalue weighted by Crippen LogP contribution is -2.49. The Balaban J connectivity index is 2.30. The van der Waals surface area contributed by atoms with E-state index in [0.29, 0.717) is 0 Å². The van der Waals surface area contributed by atoms with Gasteiger partial charge in [0.25, 0.3) is 0 Å². The van der Waals surface area contributed by atoms with E-state index in [-0.39, 0.29) is 17.1 Å². The van der Waals surface area contributed by atoms with Crippen LogP contribution >= 0.6 is 0 Å². The van der Waals surface area contributed by atoms with Crippen molar-refractivity contribution in [3.63, 3.8) is 0 Å². The van der Waals surface area contributed by atoms with Gasteiger partial charge in [0, 0.05) is 0 Å². The molecule has 16 heavy (non-hydrogen) atoms. The van der Waals surface area contributed by atoms with Crippen molar-refractivity contribution in [1.82, 2.24) is 0 Å². The third-order valence-electron chi connectivity index (χ3n) is 4.71. The van der Waals surface area contributed by atoms with E-state index in [2.05, 4.69) is 13.0 Å². The van der Waals surface area contributed by atoms with E-state index < -0.39 is 5.60 Å². The van der Waals surface area contributed by atoms with Crippen LogP contribution in [0.15, 0.2) is 11.6 Å². The highest BCUT2D eigenvalue weighted by atomic mass is 16.3. The second-order valence-electron chi connectivity index (χ2n) is 6.11. The predicted molar refractivity (Wildman–Crippen MR) is 64.1 cm³/mol. The first kappa shape index (κ1) is 11.8. The van der Waals surface area contributed by atoms with Gasteiger partial charge in [-0.15, -0.1) is 0 Å². The Bertz CT molecular complexity index is 341. The van der Waals surface area contributed by atoms with Gasteiger partial charge in [-0.1, -0.05) is 19.4 Å². The number of hydrogen-bond donors (Lipinski definition) is 1. The number of Topliss-reactive ketones (excluding diaryl/α,β-unsaturated/α-hetero) is 1. The van der Waals surface area contributed by atoms with Crippen molar-refractivity contribution in [2.45, 2.75) is 58.5 Å². The number of fused-ring (bicyclic) bond motifs is 1. The molecular formula is C14H22O2. The van der Waals surface area contributed by atoms with E-state index >= 15 is 0 Å². The lowest BCUT2D eigenvalue weighted by molar-refractivity contribution is -0.117. The third-order valence-corrected chi connectivity index (χ3v) is 4.71. The Labute approximate surface area is 97.7 Å². The van der Waals surface area contributed by atoms with Gasteiger partial charge in [0.15, 0.2) is 5.78 Å². The summed E-state index contributed by atoms with van der Waals surface area (Å²) in [6.45, 7) is 5.84. The molecule has 90 valence electrons. The normalized spacial score (nSPS) is 43.5. The van der Waals surface area contributed by atoms with Crippen LogP contribution in [0.25, 0.3) is 0 Å². The highest BCUT2D eigenvalue weighted by molar-refractivity contribution is 5.93. The highest BCUT2D eigenvalue weighted by Crippen LogP contribution is 2.53. The molecule has 1 saturated carbocycles. The Morgan fingerprint density at radius 2 is 2.12 bits per heavy atom. The molecule has 0 unspecified atom stereocenters. The van der Waals surface area contributed by atoms with Gasteiger partial charge in [0.1, 0.15) is 0 Å². The summed E-state index contributed by atoms with van der Waals surface area (Å²) in [6, 6.07) is 0. The molecule has 1 N–H and O–H groups in total. The molecule has 0 heterocycles. The standard InChI is InChI=1S/C14H22O2/c1-10(15)11-5-8-13(2)6-4-7-14(3,16)12(13)9-11/h5,12,16H,4,6-9H2,1-3H3/t12-,13-,14+/m1/s1. The van der Waals surface area contributed by atoms with Crippen LogP contribution in [0.4, 0.5) is 0 Å². The first-order valence-electron chi connectivity index (χ1n) is 6.27. The molecule has 0 amide bonds. The van der Waals surface area contributed by atoms with Gasteiger partial charge in [0.05, 0.1) is 5.60 Å². The molecule has 2 nitrogen and oxygen atoms in total. The molecule has 0 radical (unpaired) electrons. The largest absolute Gasteiger partial charge is 0.390 e. The van der Waals surface area contributed by atoms with Crippen LogP contribution < -0.4 is 0 Å². The van der Waals surface area contributed by atoms with Gasteiger partial charge in [-0.05, 0) is 56.4 Å². The SMILES string of the molecule is CC(=O)C1=CC[C@@]2(C)CCC[C@](C)(O)[C@@H]2C1. The second-order valence-corrected chi connectivity index (χ2v) is 6.11. The molecule has 2 rings (SSSR count). The van der Waals surface area contributed by atoms with Crippen LogP contribution in [0, 0.1) is 11.3 Å². The van der Waals surface area contributed by atoms with E-state index in [1.165, 1.54) is 6.42 Å². The maximum absolute atomic E-state index is 11.4. The van der Waals surface area contributed by atoms with Crippen LogP contribution in [0.3, 0.4) is 0 Å². The fourth-order valence-corrected chi connectivity index (χ4v) is 3.61. The smallest absolute Gasteiger partial charge is 0.155 e. The molecule has 0 saturated heterocycles. The zero-order chi connectivity index (χ0) is 12.0. The summed E-state index contributed by atoms with van der Waals surface area (Å²) in [4.78, 5) is 11.4. The summed E-state index contributed by atoms with van der Waals surface area (Å²) in [5, 5.41) is 10.5. The van der Waals surface area contributed by atoms with Crippen molar-refractivity contribution in [2.24, 2.45) is 11.3 Å². The lowest BCUT2D eigenvalue weighted by Gasteiger charge is -2.51. The number of aliphatic hydroxyl groups is 1. The van der Waals surface area contributed by atoms with Gasteiger partial charge < -0.3 is 5.11 Å². The number of carbonyl (C=O) groups excluding carboxylic acids is 1. The zero-order valence-electron chi connectivity index (χ0n) is 10.5. The van der Waals surface area contributed by atoms with Gasteiger partial charge in [-0.25, -0.2) is 0 Å². The quantitative estimate of drug-likeness (QED) is 0.740. The average Bonchev–Trinajstić information content (AvgIpc) is 2.15. The minimum absolute atomic E-state index is 0.170. The summed E-state index contributed by atoms with van der Waals surface area (Å²) in [6.07, 6.45) is 6.96. The molecule has 3 atom stereocenters. The molecule has 2 aliphatic carbocycles. The summed E-state index contributed by atoms with van der Waals surface area (Å²) in [5.41, 5.74) is 0.521. The fraction of sp³-hybridized carbons (Fsp3) is 0.786. The van der Waals surface area contributed by atoms with Crippen molar-refractivity contribution in [2.75, 3.05) is 0 Å². The highest BCUT2D eigenvalue weighted by Gasteiger charge is 2.49. The Kier molecular flexibility index (Phi) is 2.73. The van der Waals surface area contributed by atoms with Gasteiger partial charge in [0.2, 0.25) is 0 Å². The minimum atomic E-state index is -0.595. The Hall–Kier alpha value is -0.630. The van der Waals surface area contributed by atoms with Gasteiger partial charge in [-0.2, -0.15) is 0 Å². The predicted octanol–water partition coefficient (Wildman–Crippen LogP) is 2.85. The molecular weight excluding hydrogens is 200 g/mol. The van der Waals surface area contributed by atoms with Gasteiger partial charge >= 0.3 is 0 Å². The molecule has 0 aromatic carbocycles. The van der Waals surface area contributed by atoms with E-state index in [1.807, 2.05) is 6.92 Å². The van der Waals surface area contributed by atoms with Crippen LogP contribution in [0.5, 0.6) is 0 Å². The third kappa shape index (κ3) is 1.84. The maximum atomic E-state index is 11.4. The molecule has 0 aromatic heterocycles. The van der Waals surface area contributed by atoms with Crippen LogP contribution in [-0.4, -0.2) is 16.5 Å². The van der Waals surface area contributed by atoms with Crippen LogP contribution in [-0.2, 0) is 4.79 Å². The van der Waals surface area contributed by atoms with E-state index in [4.69, 9.17) is 0 Å². The molecule has 0 aliphatic heterocycles. The second kappa shape index (κ2) is 3.69. The van der Waals surface area contributed by atoms with Crippen molar-refractivity contribution < 1.29 is 9.90 Å². The summed E-state index contributed by atoms with van der Waals surface area (Å²) < 4.78 is 0.